The van der Waals surface area contributed by atoms with Crippen molar-refractivity contribution >= 4 is 5.97 Å². The summed E-state index contributed by atoms with van der Waals surface area (Å²) in [5.41, 5.74) is 0. The van der Waals surface area contributed by atoms with Crippen LogP contribution in [0.25, 0.3) is 0 Å². The van der Waals surface area contributed by atoms with E-state index >= 15 is 0 Å². The highest BCUT2D eigenvalue weighted by atomic mass is 16.5. The molecule has 5 heteroatoms. The highest BCUT2D eigenvalue weighted by Crippen LogP contribution is 1.96. The molecule has 0 atom stereocenters. The quantitative estimate of drug-likeness (QED) is 0.413. The summed E-state index contributed by atoms with van der Waals surface area (Å²) in [4.78, 5) is 13.3. The number of methoxy groups -OCH3 is 2. The van der Waals surface area contributed by atoms with Gasteiger partial charge in [-0.05, 0) is 5.92 Å². The number of carbonyl (C=O) groups is 1. The molecule has 5 nitrogen and oxygen atoms in total. The van der Waals surface area contributed by atoms with E-state index < -0.39 is 0 Å². The normalized spacial score (nSPS) is 11.2. The minimum Gasteiger partial charge on any atom is -0.469 e. The summed E-state index contributed by atoms with van der Waals surface area (Å²) >= 11 is 0. The van der Waals surface area contributed by atoms with Gasteiger partial charge in [0.05, 0.1) is 26.7 Å². The van der Waals surface area contributed by atoms with Crippen molar-refractivity contribution in [3.05, 3.63) is 0 Å². The van der Waals surface area contributed by atoms with E-state index in [4.69, 9.17) is 9.47 Å². The number of hydrogen-bond acceptors (Lipinski definition) is 5. The predicted molar refractivity (Wildman–Crippen MR) is 70.6 cm³/mol. The van der Waals surface area contributed by atoms with Crippen molar-refractivity contribution < 1.29 is 19.0 Å². The van der Waals surface area contributed by atoms with Gasteiger partial charge >= 0.3 is 5.97 Å². The van der Waals surface area contributed by atoms with Gasteiger partial charge in [-0.25, -0.2) is 0 Å². The monoisotopic (exact) mass is 261 g/mol. The topological polar surface area (TPSA) is 48.0 Å². The predicted octanol–water partition coefficient (Wildman–Crippen LogP) is 1.17. The van der Waals surface area contributed by atoms with Gasteiger partial charge in [-0.2, -0.15) is 0 Å². The van der Waals surface area contributed by atoms with Gasteiger partial charge < -0.3 is 14.2 Å². The summed E-state index contributed by atoms with van der Waals surface area (Å²) in [5, 5.41) is 0. The summed E-state index contributed by atoms with van der Waals surface area (Å²) in [6, 6.07) is 0. The van der Waals surface area contributed by atoms with E-state index in [9.17, 15) is 4.79 Å². The molecule has 0 rings (SSSR count). The van der Waals surface area contributed by atoms with Crippen LogP contribution in [0.2, 0.25) is 0 Å². The molecule has 0 unspecified atom stereocenters. The molecule has 0 fully saturated rings. The van der Waals surface area contributed by atoms with E-state index in [2.05, 4.69) is 23.5 Å². The zero-order valence-corrected chi connectivity index (χ0v) is 12.1. The van der Waals surface area contributed by atoms with Gasteiger partial charge in [0, 0.05) is 33.4 Å². The minimum atomic E-state index is -0.180. The zero-order chi connectivity index (χ0) is 13.8. The maximum absolute atomic E-state index is 11.1. The Balaban J connectivity index is 3.79. The van der Waals surface area contributed by atoms with E-state index in [0.29, 0.717) is 32.1 Å². The Bertz CT molecular complexity index is 209. The summed E-state index contributed by atoms with van der Waals surface area (Å²) in [5.74, 6) is 0.369. The smallest absolute Gasteiger partial charge is 0.306 e. The van der Waals surface area contributed by atoms with Gasteiger partial charge in [-0.15, -0.1) is 0 Å². The van der Waals surface area contributed by atoms with Crippen LogP contribution < -0.4 is 0 Å². The molecule has 0 aliphatic heterocycles. The number of ether oxygens (including phenoxy) is 3. The van der Waals surface area contributed by atoms with Gasteiger partial charge in [0.25, 0.3) is 0 Å². The first-order valence-corrected chi connectivity index (χ1v) is 6.46. The van der Waals surface area contributed by atoms with Gasteiger partial charge in [-0.3, -0.25) is 9.69 Å². The molecule has 0 amide bonds. The molecule has 108 valence electrons. The summed E-state index contributed by atoms with van der Waals surface area (Å²) < 4.78 is 15.2. The lowest BCUT2D eigenvalue weighted by Crippen LogP contribution is -2.33. The largest absolute Gasteiger partial charge is 0.469 e. The fourth-order valence-electron chi connectivity index (χ4n) is 1.42. The molecule has 0 heterocycles. The van der Waals surface area contributed by atoms with Crippen molar-refractivity contribution in [1.82, 2.24) is 4.90 Å². The van der Waals surface area contributed by atoms with Crippen molar-refractivity contribution in [1.29, 1.82) is 0 Å². The first kappa shape index (κ1) is 17.4. The molecule has 0 aromatic carbocycles. The number of esters is 1. The molecular formula is C13H27NO4. The van der Waals surface area contributed by atoms with Crippen molar-refractivity contribution in [3.8, 4) is 0 Å². The lowest BCUT2D eigenvalue weighted by molar-refractivity contribution is -0.141. The average molecular weight is 261 g/mol. The van der Waals surface area contributed by atoms with Crippen LogP contribution in [-0.2, 0) is 19.0 Å². The second-order valence-electron chi connectivity index (χ2n) is 4.63. The highest BCUT2D eigenvalue weighted by Gasteiger charge is 2.08. The molecule has 0 bridgehead atoms. The first-order valence-electron chi connectivity index (χ1n) is 6.46. The van der Waals surface area contributed by atoms with E-state index in [1.807, 2.05) is 0 Å². The summed E-state index contributed by atoms with van der Waals surface area (Å²) in [6.45, 7) is 8.66. The van der Waals surface area contributed by atoms with Gasteiger partial charge in [-0.1, -0.05) is 13.8 Å². The third-order valence-corrected chi connectivity index (χ3v) is 2.47. The molecule has 0 saturated heterocycles. The van der Waals surface area contributed by atoms with Crippen LogP contribution >= 0.6 is 0 Å². The number of rotatable bonds is 11. The second-order valence-corrected chi connectivity index (χ2v) is 4.63. The van der Waals surface area contributed by atoms with Gasteiger partial charge in [0.15, 0.2) is 0 Å². The number of carbonyl (C=O) groups excluding carboxylic acids is 1. The van der Waals surface area contributed by atoms with Crippen molar-refractivity contribution in [2.75, 3.05) is 53.7 Å². The van der Waals surface area contributed by atoms with Gasteiger partial charge in [0.1, 0.15) is 0 Å². The standard InChI is InChI=1S/C13H27NO4/c1-12(2)11-18-10-8-14(7-9-16-3)6-5-13(15)17-4/h12H,5-11H2,1-4H3. The molecule has 0 N–H and O–H groups in total. The Morgan fingerprint density at radius 1 is 1.11 bits per heavy atom. The Kier molecular flexibility index (Phi) is 11.0. The first-order chi connectivity index (χ1) is 8.60. The summed E-state index contributed by atoms with van der Waals surface area (Å²) in [6.07, 6.45) is 0.407. The Hall–Kier alpha value is -0.650. The van der Waals surface area contributed by atoms with Crippen LogP contribution in [0, 0.1) is 5.92 Å². The van der Waals surface area contributed by atoms with Crippen LogP contribution in [-0.4, -0.2) is 64.5 Å². The molecule has 0 radical (unpaired) electrons. The van der Waals surface area contributed by atoms with Crippen molar-refractivity contribution in [3.63, 3.8) is 0 Å². The van der Waals surface area contributed by atoms with Crippen LogP contribution in [0.5, 0.6) is 0 Å². The molecule has 0 spiro atoms. The molecule has 18 heavy (non-hydrogen) atoms. The second kappa shape index (κ2) is 11.4. The fourth-order valence-corrected chi connectivity index (χ4v) is 1.42. The van der Waals surface area contributed by atoms with E-state index in [1.165, 1.54) is 7.11 Å². The third-order valence-electron chi connectivity index (χ3n) is 2.47. The lowest BCUT2D eigenvalue weighted by Gasteiger charge is -2.21. The third kappa shape index (κ3) is 10.5. The van der Waals surface area contributed by atoms with Gasteiger partial charge in [0.2, 0.25) is 0 Å². The maximum Gasteiger partial charge on any atom is 0.306 e. The van der Waals surface area contributed by atoms with E-state index in [0.717, 1.165) is 19.7 Å². The summed E-state index contributed by atoms with van der Waals surface area (Å²) in [7, 11) is 3.08. The van der Waals surface area contributed by atoms with Crippen molar-refractivity contribution in [2.45, 2.75) is 20.3 Å². The molecular weight excluding hydrogens is 234 g/mol. The van der Waals surface area contributed by atoms with Crippen LogP contribution in [0.15, 0.2) is 0 Å². The highest BCUT2D eigenvalue weighted by molar-refractivity contribution is 5.69. The van der Waals surface area contributed by atoms with E-state index in [-0.39, 0.29) is 5.97 Å². The SMILES string of the molecule is COCCN(CCOCC(C)C)CCC(=O)OC. The molecule has 0 aromatic heterocycles. The Labute approximate surface area is 110 Å². The minimum absolute atomic E-state index is 0.180. The van der Waals surface area contributed by atoms with Crippen LogP contribution in [0.3, 0.4) is 0 Å². The molecule has 0 aliphatic carbocycles. The fraction of sp³-hybridized carbons (Fsp3) is 0.923. The van der Waals surface area contributed by atoms with Crippen LogP contribution in [0.4, 0.5) is 0 Å². The van der Waals surface area contributed by atoms with E-state index in [1.54, 1.807) is 7.11 Å². The maximum atomic E-state index is 11.1. The van der Waals surface area contributed by atoms with Crippen molar-refractivity contribution in [2.24, 2.45) is 5.92 Å². The molecule has 0 saturated carbocycles. The van der Waals surface area contributed by atoms with Crippen LogP contribution in [0.1, 0.15) is 20.3 Å². The number of nitrogens with zero attached hydrogens (tertiary/aromatic N) is 1. The molecule has 0 aromatic rings. The zero-order valence-electron chi connectivity index (χ0n) is 12.1. The molecule has 0 aliphatic rings. The Morgan fingerprint density at radius 2 is 1.78 bits per heavy atom. The lowest BCUT2D eigenvalue weighted by atomic mass is 10.2. The average Bonchev–Trinajstić information content (AvgIpc) is 2.35. The Morgan fingerprint density at radius 3 is 2.33 bits per heavy atom. The number of hydrogen-bond donors (Lipinski definition) is 0.